The van der Waals surface area contributed by atoms with Crippen molar-refractivity contribution in [2.75, 3.05) is 5.32 Å². The Morgan fingerprint density at radius 3 is 2.45 bits per heavy atom. The number of benzene rings is 1. The Morgan fingerprint density at radius 1 is 1.15 bits per heavy atom. The molecule has 0 radical (unpaired) electrons. The van der Waals surface area contributed by atoms with Crippen LogP contribution in [0.5, 0.6) is 0 Å². The molecule has 1 aliphatic carbocycles. The zero-order valence-electron chi connectivity index (χ0n) is 19.2. The molecule has 33 heavy (non-hydrogen) atoms. The average Bonchev–Trinajstić information content (AvgIpc) is 3.45. The second kappa shape index (κ2) is 8.97. The van der Waals surface area contributed by atoms with E-state index in [9.17, 15) is 9.59 Å². The van der Waals surface area contributed by atoms with Gasteiger partial charge in [0, 0.05) is 23.6 Å². The number of nitrogens with zero attached hydrogens (tertiary/aromatic N) is 4. The lowest BCUT2D eigenvalue weighted by Crippen LogP contribution is -2.30. The third kappa shape index (κ3) is 5.24. The van der Waals surface area contributed by atoms with Crippen LogP contribution >= 0.6 is 11.8 Å². The van der Waals surface area contributed by atoms with Gasteiger partial charge >= 0.3 is 6.09 Å². The highest BCUT2D eigenvalue weighted by molar-refractivity contribution is 8.01. The quantitative estimate of drug-likeness (QED) is 0.550. The third-order valence-electron chi connectivity index (χ3n) is 5.15. The summed E-state index contributed by atoms with van der Waals surface area (Å²) in [5.41, 5.74) is 1.88. The van der Waals surface area contributed by atoms with Gasteiger partial charge in [0.1, 0.15) is 10.3 Å². The first kappa shape index (κ1) is 23.0. The lowest BCUT2D eigenvalue weighted by molar-refractivity contribution is -0.116. The molecule has 1 N–H and O–H groups in total. The fourth-order valence-corrected chi connectivity index (χ4v) is 4.36. The van der Waals surface area contributed by atoms with Gasteiger partial charge in [0.25, 0.3) is 0 Å². The van der Waals surface area contributed by atoms with Crippen molar-refractivity contribution in [2.45, 2.75) is 62.5 Å². The maximum Gasteiger partial charge on any atom is 0.422 e. The average molecular weight is 466 g/mol. The van der Waals surface area contributed by atoms with Gasteiger partial charge in [-0.25, -0.2) is 9.36 Å². The Bertz CT molecular complexity index is 1150. The zero-order chi connectivity index (χ0) is 23.6. The lowest BCUT2D eigenvalue weighted by Gasteiger charge is -2.21. The number of amides is 1. The minimum atomic E-state index is -0.706. The van der Waals surface area contributed by atoms with E-state index in [4.69, 9.17) is 4.74 Å². The molecule has 0 bridgehead atoms. The minimum absolute atomic E-state index is 0.113. The number of carbonyl (C=O) groups excluding carboxylic acids is 2. The first-order chi connectivity index (χ1) is 15.7. The number of aromatic nitrogens is 4. The maximum absolute atomic E-state index is 13.1. The van der Waals surface area contributed by atoms with Gasteiger partial charge in [0.2, 0.25) is 11.1 Å². The van der Waals surface area contributed by atoms with Crippen LogP contribution in [0.1, 0.15) is 46.1 Å². The van der Waals surface area contributed by atoms with E-state index >= 15 is 0 Å². The smallest absolute Gasteiger partial charge is 0.422 e. The number of nitrogens with one attached hydrogen (secondary N) is 1. The van der Waals surface area contributed by atoms with Gasteiger partial charge in [-0.2, -0.15) is 0 Å². The topological polar surface area (TPSA) is 99.0 Å². The van der Waals surface area contributed by atoms with Gasteiger partial charge in [-0.05, 0) is 69.9 Å². The molecule has 4 rings (SSSR count). The van der Waals surface area contributed by atoms with Gasteiger partial charge in [-0.15, -0.1) is 10.2 Å². The second-order valence-corrected chi connectivity index (χ2v) is 10.3. The van der Waals surface area contributed by atoms with E-state index in [-0.39, 0.29) is 5.91 Å². The molecule has 0 saturated heterocycles. The molecule has 3 aromatic rings. The standard InChI is InChI=1S/C24H27N5O3S/c1-5-16-8-10-18(11-9-16)26-20(30)24(12-13-24)33-21-28-27-19(17-7-6-14-25-15-17)29(21)22(31)32-23(2,3)4/h6-11,14-15H,5,12-13H2,1-4H3,(H,26,30). The van der Waals surface area contributed by atoms with Gasteiger partial charge in [-0.1, -0.05) is 30.8 Å². The number of aryl methyl sites for hydroxylation is 1. The predicted molar refractivity (Wildman–Crippen MR) is 127 cm³/mol. The van der Waals surface area contributed by atoms with Crippen LogP contribution in [-0.4, -0.2) is 42.1 Å². The van der Waals surface area contributed by atoms with Crippen molar-refractivity contribution in [3.8, 4) is 11.4 Å². The second-order valence-electron chi connectivity index (χ2n) is 8.96. The summed E-state index contributed by atoms with van der Waals surface area (Å²) in [7, 11) is 0. The summed E-state index contributed by atoms with van der Waals surface area (Å²) in [6.45, 7) is 7.48. The molecular formula is C24H27N5O3S. The monoisotopic (exact) mass is 465 g/mol. The molecule has 172 valence electrons. The van der Waals surface area contributed by atoms with Gasteiger partial charge in [-0.3, -0.25) is 9.78 Å². The highest BCUT2D eigenvalue weighted by Crippen LogP contribution is 2.52. The van der Waals surface area contributed by atoms with Crippen LogP contribution in [0, 0.1) is 0 Å². The van der Waals surface area contributed by atoms with E-state index in [0.29, 0.717) is 29.4 Å². The molecule has 2 aromatic heterocycles. The highest BCUT2D eigenvalue weighted by atomic mass is 32.2. The van der Waals surface area contributed by atoms with Crippen LogP contribution in [0.15, 0.2) is 53.9 Å². The molecule has 1 amide bonds. The molecule has 1 aliphatic rings. The number of rotatable bonds is 6. The lowest BCUT2D eigenvalue weighted by atomic mass is 10.1. The molecule has 1 fully saturated rings. The fraction of sp³-hybridized carbons (Fsp3) is 0.375. The number of carbonyl (C=O) groups is 2. The van der Waals surface area contributed by atoms with Crippen LogP contribution < -0.4 is 5.32 Å². The Labute approximate surface area is 197 Å². The summed E-state index contributed by atoms with van der Waals surface area (Å²) in [6.07, 6.45) is 4.95. The summed E-state index contributed by atoms with van der Waals surface area (Å²) >= 11 is 1.24. The third-order valence-corrected chi connectivity index (χ3v) is 6.58. The van der Waals surface area contributed by atoms with E-state index in [0.717, 1.165) is 12.1 Å². The van der Waals surface area contributed by atoms with Gasteiger partial charge in [0.05, 0.1) is 0 Å². The number of pyridine rings is 1. The van der Waals surface area contributed by atoms with Crippen molar-refractivity contribution in [3.05, 3.63) is 54.4 Å². The Hall–Kier alpha value is -3.20. The Kier molecular flexibility index (Phi) is 6.25. The van der Waals surface area contributed by atoms with Crippen LogP contribution in [0.3, 0.4) is 0 Å². The molecule has 2 heterocycles. The molecule has 1 saturated carbocycles. The van der Waals surface area contributed by atoms with Crippen LogP contribution in [-0.2, 0) is 16.0 Å². The number of hydrogen-bond donors (Lipinski definition) is 1. The first-order valence-electron chi connectivity index (χ1n) is 10.9. The van der Waals surface area contributed by atoms with Crippen molar-refractivity contribution in [3.63, 3.8) is 0 Å². The summed E-state index contributed by atoms with van der Waals surface area (Å²) in [5, 5.41) is 11.8. The Balaban J connectivity index is 1.61. The minimum Gasteiger partial charge on any atom is -0.443 e. The van der Waals surface area contributed by atoms with E-state index in [1.54, 1.807) is 45.3 Å². The van der Waals surface area contributed by atoms with Crippen LogP contribution in [0.4, 0.5) is 10.5 Å². The first-order valence-corrected chi connectivity index (χ1v) is 11.7. The van der Waals surface area contributed by atoms with E-state index in [1.807, 2.05) is 24.3 Å². The SMILES string of the molecule is CCc1ccc(NC(=O)C2(Sc3nnc(-c4cccnc4)n3C(=O)OC(C)(C)C)CC2)cc1. The Morgan fingerprint density at radius 2 is 1.88 bits per heavy atom. The van der Waals surface area contributed by atoms with Crippen molar-refractivity contribution >= 4 is 29.4 Å². The van der Waals surface area contributed by atoms with Crippen LogP contribution in [0.25, 0.3) is 11.4 Å². The molecule has 9 heteroatoms. The maximum atomic E-state index is 13.1. The summed E-state index contributed by atoms with van der Waals surface area (Å²) in [4.78, 5) is 30.3. The zero-order valence-corrected chi connectivity index (χ0v) is 20.0. The van der Waals surface area contributed by atoms with Crippen molar-refractivity contribution in [2.24, 2.45) is 0 Å². The molecule has 0 aliphatic heterocycles. The largest absolute Gasteiger partial charge is 0.443 e. The van der Waals surface area contributed by atoms with Gasteiger partial charge < -0.3 is 10.1 Å². The summed E-state index contributed by atoms with van der Waals surface area (Å²) < 4.78 is 6.23. The normalized spacial score (nSPS) is 14.5. The molecule has 0 spiro atoms. The van der Waals surface area contributed by atoms with Crippen molar-refractivity contribution in [1.82, 2.24) is 19.7 Å². The van der Waals surface area contributed by atoms with Gasteiger partial charge in [0.15, 0.2) is 5.82 Å². The number of anilines is 1. The number of hydrogen-bond acceptors (Lipinski definition) is 7. The van der Waals surface area contributed by atoms with Crippen molar-refractivity contribution < 1.29 is 14.3 Å². The van der Waals surface area contributed by atoms with Crippen molar-refractivity contribution in [1.29, 1.82) is 0 Å². The number of thioether (sulfide) groups is 1. The molecule has 1 aromatic carbocycles. The molecular weight excluding hydrogens is 438 g/mol. The summed E-state index contributed by atoms with van der Waals surface area (Å²) in [6, 6.07) is 11.4. The van der Waals surface area contributed by atoms with E-state index < -0.39 is 16.4 Å². The highest BCUT2D eigenvalue weighted by Gasteiger charge is 2.52. The summed E-state index contributed by atoms with van der Waals surface area (Å²) in [5.74, 6) is 0.213. The molecule has 0 atom stereocenters. The number of ether oxygens (including phenoxy) is 1. The van der Waals surface area contributed by atoms with E-state index in [2.05, 4.69) is 27.4 Å². The molecule has 0 unspecified atom stereocenters. The van der Waals surface area contributed by atoms with Crippen LogP contribution in [0.2, 0.25) is 0 Å². The molecule has 8 nitrogen and oxygen atoms in total. The fourth-order valence-electron chi connectivity index (χ4n) is 3.22. The van der Waals surface area contributed by atoms with E-state index in [1.165, 1.54) is 21.9 Å². The predicted octanol–water partition coefficient (Wildman–Crippen LogP) is 4.95.